The van der Waals surface area contributed by atoms with Crippen molar-refractivity contribution in [3.63, 3.8) is 0 Å². The van der Waals surface area contributed by atoms with Crippen LogP contribution >= 0.6 is 23.1 Å². The second kappa shape index (κ2) is 6.76. The molecule has 22 heavy (non-hydrogen) atoms. The molecule has 112 valence electrons. The molecule has 2 heterocycles. The van der Waals surface area contributed by atoms with E-state index in [1.807, 2.05) is 24.3 Å². The summed E-state index contributed by atoms with van der Waals surface area (Å²) >= 11 is 2.79. The predicted octanol–water partition coefficient (Wildman–Crippen LogP) is 2.34. The summed E-state index contributed by atoms with van der Waals surface area (Å²) in [4.78, 5) is 16.3. The number of hydrogen-bond donors (Lipinski definition) is 1. The van der Waals surface area contributed by atoms with Gasteiger partial charge in [0.1, 0.15) is 5.01 Å². The summed E-state index contributed by atoms with van der Waals surface area (Å²) in [5.74, 6) is 0.0880. The first-order chi connectivity index (χ1) is 10.7. The van der Waals surface area contributed by atoms with Crippen molar-refractivity contribution >= 4 is 39.2 Å². The van der Waals surface area contributed by atoms with Crippen molar-refractivity contribution in [1.29, 1.82) is 0 Å². The Morgan fingerprint density at radius 1 is 1.27 bits per heavy atom. The molecule has 3 rings (SSSR count). The van der Waals surface area contributed by atoms with Gasteiger partial charge >= 0.3 is 0 Å². The molecule has 7 heteroatoms. The Bertz CT molecular complexity index is 771. The summed E-state index contributed by atoms with van der Waals surface area (Å²) in [6.07, 6.45) is 1.42. The van der Waals surface area contributed by atoms with Crippen LogP contribution in [0.15, 0.2) is 53.7 Å². The average Bonchev–Trinajstić information content (AvgIpc) is 2.95. The van der Waals surface area contributed by atoms with Crippen molar-refractivity contribution in [3.8, 4) is 0 Å². The van der Waals surface area contributed by atoms with Gasteiger partial charge in [-0.15, -0.1) is 11.3 Å². The van der Waals surface area contributed by atoms with Crippen molar-refractivity contribution in [2.24, 2.45) is 0 Å². The molecule has 0 fully saturated rings. The van der Waals surface area contributed by atoms with Gasteiger partial charge < -0.3 is 10.5 Å². The van der Waals surface area contributed by atoms with Crippen molar-refractivity contribution < 1.29 is 9.52 Å². The fourth-order valence-corrected chi connectivity index (χ4v) is 3.54. The Labute approximate surface area is 135 Å². The minimum absolute atomic E-state index is 0.117. The van der Waals surface area contributed by atoms with Gasteiger partial charge in [0.2, 0.25) is 5.91 Å². The normalized spacial score (nSPS) is 10.7. The average molecular weight is 331 g/mol. The minimum Gasteiger partial charge on any atom is -0.618 e. The van der Waals surface area contributed by atoms with Crippen LogP contribution in [-0.2, 0) is 11.3 Å². The SMILES string of the molecule is O=C(CSc1cccc[n+]1[O-])NCc1nc2ccccc2s1. The molecule has 0 aliphatic carbocycles. The number of fused-ring (bicyclic) bond motifs is 1. The van der Waals surface area contributed by atoms with E-state index in [-0.39, 0.29) is 11.7 Å². The second-order valence-corrected chi connectivity index (χ2v) is 6.62. The predicted molar refractivity (Wildman–Crippen MR) is 87.6 cm³/mol. The Morgan fingerprint density at radius 3 is 2.91 bits per heavy atom. The quantitative estimate of drug-likeness (QED) is 0.443. The summed E-state index contributed by atoms with van der Waals surface area (Å²) in [7, 11) is 0. The zero-order valence-corrected chi connectivity index (χ0v) is 13.2. The highest BCUT2D eigenvalue weighted by Gasteiger charge is 2.10. The van der Waals surface area contributed by atoms with Gasteiger partial charge in [0.25, 0.3) is 5.03 Å². The minimum atomic E-state index is -0.117. The van der Waals surface area contributed by atoms with Crippen molar-refractivity contribution in [1.82, 2.24) is 10.3 Å². The summed E-state index contributed by atoms with van der Waals surface area (Å²) in [6.45, 7) is 0.408. The van der Waals surface area contributed by atoms with E-state index in [0.29, 0.717) is 11.6 Å². The maximum absolute atomic E-state index is 11.8. The second-order valence-electron chi connectivity index (χ2n) is 4.51. The zero-order chi connectivity index (χ0) is 15.4. The Kier molecular flexibility index (Phi) is 4.55. The number of thioether (sulfide) groups is 1. The molecule has 2 aromatic heterocycles. The standard InChI is InChI=1S/C15H13N3O2S2/c19-13(10-21-15-7-3-4-8-18(15)20)16-9-14-17-11-5-1-2-6-12(11)22-14/h1-8H,9-10H2,(H,16,19). The van der Waals surface area contributed by atoms with E-state index in [2.05, 4.69) is 10.3 Å². The highest BCUT2D eigenvalue weighted by molar-refractivity contribution is 7.99. The lowest BCUT2D eigenvalue weighted by atomic mass is 10.3. The third kappa shape index (κ3) is 3.55. The molecule has 0 unspecified atom stereocenters. The van der Waals surface area contributed by atoms with Crippen LogP contribution in [0.3, 0.4) is 0 Å². The Balaban J connectivity index is 1.53. The molecular weight excluding hydrogens is 318 g/mol. The first kappa shape index (κ1) is 14.8. The fraction of sp³-hybridized carbons (Fsp3) is 0.133. The van der Waals surface area contributed by atoms with Gasteiger partial charge in [-0.3, -0.25) is 4.79 Å². The molecule has 0 saturated heterocycles. The Hall–Kier alpha value is -2.12. The number of pyridine rings is 1. The number of carbonyl (C=O) groups excluding carboxylic acids is 1. The van der Waals surface area contributed by atoms with Gasteiger partial charge in [-0.1, -0.05) is 12.1 Å². The lowest BCUT2D eigenvalue weighted by molar-refractivity contribution is -0.645. The molecule has 0 aliphatic heterocycles. The lowest BCUT2D eigenvalue weighted by Gasteiger charge is -2.04. The van der Waals surface area contributed by atoms with E-state index >= 15 is 0 Å². The van der Waals surface area contributed by atoms with Crippen molar-refractivity contribution in [2.75, 3.05) is 5.75 Å². The molecule has 1 N–H and O–H groups in total. The van der Waals surface area contributed by atoms with Crippen molar-refractivity contribution in [3.05, 3.63) is 58.9 Å². The number of para-hydroxylation sites is 1. The number of amides is 1. The van der Waals surface area contributed by atoms with Crippen LogP contribution in [-0.4, -0.2) is 16.6 Å². The molecule has 3 aromatic rings. The summed E-state index contributed by atoms with van der Waals surface area (Å²) in [6, 6.07) is 13.0. The highest BCUT2D eigenvalue weighted by atomic mass is 32.2. The molecule has 0 radical (unpaired) electrons. The summed E-state index contributed by atoms with van der Waals surface area (Å²) < 4.78 is 1.86. The van der Waals surface area contributed by atoms with E-state index in [4.69, 9.17) is 0 Å². The Morgan fingerprint density at radius 2 is 2.09 bits per heavy atom. The summed E-state index contributed by atoms with van der Waals surface area (Å²) in [5, 5.41) is 15.7. The number of nitrogens with zero attached hydrogens (tertiary/aromatic N) is 2. The van der Waals surface area contributed by atoms with Crippen LogP contribution in [0.25, 0.3) is 10.2 Å². The topological polar surface area (TPSA) is 68.9 Å². The van der Waals surface area contributed by atoms with Crippen molar-refractivity contribution in [2.45, 2.75) is 11.6 Å². The molecule has 0 atom stereocenters. The number of thiazole rings is 1. The van der Waals surface area contributed by atoms with Crippen LogP contribution in [0.5, 0.6) is 0 Å². The van der Waals surface area contributed by atoms with Crippen LogP contribution < -0.4 is 10.0 Å². The fourth-order valence-electron chi connectivity index (χ4n) is 1.88. The third-order valence-electron chi connectivity index (χ3n) is 2.91. The molecule has 0 saturated carbocycles. The first-order valence-corrected chi connectivity index (χ1v) is 8.45. The molecular formula is C15H13N3O2S2. The van der Waals surface area contributed by atoms with Gasteiger partial charge in [0, 0.05) is 12.1 Å². The summed E-state index contributed by atoms with van der Waals surface area (Å²) in [5.41, 5.74) is 0.947. The number of benzene rings is 1. The number of carbonyl (C=O) groups is 1. The van der Waals surface area contributed by atoms with E-state index < -0.39 is 0 Å². The number of nitrogens with one attached hydrogen (secondary N) is 1. The molecule has 0 spiro atoms. The van der Waals surface area contributed by atoms with Gasteiger partial charge in [0.05, 0.1) is 22.5 Å². The monoisotopic (exact) mass is 331 g/mol. The number of rotatable bonds is 5. The smallest absolute Gasteiger partial charge is 0.251 e. The van der Waals surface area contributed by atoms with Gasteiger partial charge in [-0.05, 0) is 30.0 Å². The molecule has 5 nitrogen and oxygen atoms in total. The third-order valence-corrected chi connectivity index (χ3v) is 4.97. The van der Waals surface area contributed by atoms with Crippen LogP contribution in [0, 0.1) is 5.21 Å². The maximum atomic E-state index is 11.8. The first-order valence-electron chi connectivity index (χ1n) is 6.64. The largest absolute Gasteiger partial charge is 0.618 e. The zero-order valence-electron chi connectivity index (χ0n) is 11.6. The molecule has 0 aliphatic rings. The number of aromatic nitrogens is 2. The van der Waals surface area contributed by atoms with Gasteiger partial charge in [-0.25, -0.2) is 4.98 Å². The van der Waals surface area contributed by atoms with Gasteiger partial charge in [-0.2, -0.15) is 4.73 Å². The van der Waals surface area contributed by atoms with E-state index in [0.717, 1.165) is 20.0 Å². The van der Waals surface area contributed by atoms with Crippen LogP contribution in [0.2, 0.25) is 0 Å². The lowest BCUT2D eigenvalue weighted by Crippen LogP contribution is -2.29. The molecule has 1 amide bonds. The van der Waals surface area contributed by atoms with E-state index in [1.54, 1.807) is 29.5 Å². The van der Waals surface area contributed by atoms with Crippen LogP contribution in [0.1, 0.15) is 5.01 Å². The molecule has 0 bridgehead atoms. The van der Waals surface area contributed by atoms with Gasteiger partial charge in [0.15, 0.2) is 6.20 Å². The highest BCUT2D eigenvalue weighted by Crippen LogP contribution is 2.21. The number of hydrogen-bond acceptors (Lipinski definition) is 5. The molecule has 1 aromatic carbocycles. The maximum Gasteiger partial charge on any atom is 0.251 e. The van der Waals surface area contributed by atoms with E-state index in [9.17, 15) is 10.0 Å². The van der Waals surface area contributed by atoms with Crippen LogP contribution in [0.4, 0.5) is 0 Å². The van der Waals surface area contributed by atoms with E-state index in [1.165, 1.54) is 18.0 Å².